The van der Waals surface area contributed by atoms with Crippen LogP contribution in [0.15, 0.2) is 12.4 Å². The number of rotatable bonds is 7. The maximum absolute atomic E-state index is 6.06. The zero-order valence-electron chi connectivity index (χ0n) is 11.0. The molecule has 1 aromatic heterocycles. The Morgan fingerprint density at radius 3 is 2.76 bits per heavy atom. The molecular formula is C13H23N3O. The van der Waals surface area contributed by atoms with Gasteiger partial charge in [-0.05, 0) is 18.8 Å². The van der Waals surface area contributed by atoms with E-state index in [1.165, 1.54) is 0 Å². The van der Waals surface area contributed by atoms with Crippen LogP contribution in [0.2, 0.25) is 0 Å². The maximum atomic E-state index is 6.06. The molecule has 0 aliphatic rings. The van der Waals surface area contributed by atoms with Crippen molar-refractivity contribution in [1.29, 1.82) is 0 Å². The molecule has 1 aromatic rings. The van der Waals surface area contributed by atoms with Crippen molar-refractivity contribution in [3.8, 4) is 5.88 Å². The minimum absolute atomic E-state index is 0.156. The van der Waals surface area contributed by atoms with Crippen LogP contribution < -0.4 is 10.5 Å². The molecule has 0 bridgehead atoms. The second-order valence-electron chi connectivity index (χ2n) is 4.79. The van der Waals surface area contributed by atoms with E-state index < -0.39 is 0 Å². The minimum Gasteiger partial charge on any atom is -0.478 e. The van der Waals surface area contributed by atoms with Gasteiger partial charge >= 0.3 is 0 Å². The standard InChI is InChI=1S/C13H23N3O/c1-4-5-17-13-8-12(15-9-16-13)7-11(14)6-10(2)3/h8-11H,4-7,14H2,1-3H3. The lowest BCUT2D eigenvalue weighted by atomic mass is 10.0. The normalized spacial score (nSPS) is 12.8. The zero-order chi connectivity index (χ0) is 12.7. The molecule has 1 unspecified atom stereocenters. The van der Waals surface area contributed by atoms with Crippen LogP contribution in [0.4, 0.5) is 0 Å². The molecule has 1 heterocycles. The van der Waals surface area contributed by atoms with Crippen LogP contribution in [0.25, 0.3) is 0 Å². The fraction of sp³-hybridized carbons (Fsp3) is 0.692. The van der Waals surface area contributed by atoms with Gasteiger partial charge in [0.25, 0.3) is 0 Å². The van der Waals surface area contributed by atoms with Crippen molar-refractivity contribution in [2.24, 2.45) is 11.7 Å². The maximum Gasteiger partial charge on any atom is 0.216 e. The Balaban J connectivity index is 2.52. The number of nitrogens with two attached hydrogens (primary N) is 1. The van der Waals surface area contributed by atoms with Crippen LogP contribution in [-0.2, 0) is 6.42 Å². The molecule has 17 heavy (non-hydrogen) atoms. The first-order valence-corrected chi connectivity index (χ1v) is 6.31. The van der Waals surface area contributed by atoms with Crippen LogP contribution in [0.3, 0.4) is 0 Å². The van der Waals surface area contributed by atoms with Gasteiger partial charge in [0, 0.05) is 24.2 Å². The number of hydrogen-bond acceptors (Lipinski definition) is 4. The van der Waals surface area contributed by atoms with E-state index in [-0.39, 0.29) is 6.04 Å². The Kier molecular flexibility index (Phi) is 5.91. The van der Waals surface area contributed by atoms with Gasteiger partial charge in [0.1, 0.15) is 6.33 Å². The van der Waals surface area contributed by atoms with Crippen molar-refractivity contribution in [1.82, 2.24) is 9.97 Å². The Hall–Kier alpha value is -1.16. The molecule has 0 radical (unpaired) electrons. The van der Waals surface area contributed by atoms with Crippen molar-refractivity contribution in [2.75, 3.05) is 6.61 Å². The average molecular weight is 237 g/mol. The Bertz CT molecular complexity index is 328. The fourth-order valence-electron chi connectivity index (χ4n) is 1.73. The third kappa shape index (κ3) is 5.63. The smallest absolute Gasteiger partial charge is 0.216 e. The van der Waals surface area contributed by atoms with E-state index in [2.05, 4.69) is 30.7 Å². The molecule has 0 saturated carbocycles. The number of aromatic nitrogens is 2. The average Bonchev–Trinajstić information content (AvgIpc) is 2.25. The lowest BCUT2D eigenvalue weighted by Gasteiger charge is -2.13. The summed E-state index contributed by atoms with van der Waals surface area (Å²) in [7, 11) is 0. The summed E-state index contributed by atoms with van der Waals surface area (Å²) in [4.78, 5) is 8.29. The van der Waals surface area contributed by atoms with Crippen LogP contribution in [-0.4, -0.2) is 22.6 Å². The van der Waals surface area contributed by atoms with Gasteiger partial charge in [-0.3, -0.25) is 0 Å². The molecule has 0 amide bonds. The molecule has 0 aromatic carbocycles. The molecule has 0 aliphatic carbocycles. The number of nitrogens with zero attached hydrogens (tertiary/aromatic N) is 2. The molecule has 0 saturated heterocycles. The van der Waals surface area contributed by atoms with Gasteiger partial charge in [-0.2, -0.15) is 0 Å². The predicted octanol–water partition coefficient (Wildman–Crippen LogP) is 2.18. The SMILES string of the molecule is CCCOc1cc(CC(N)CC(C)C)ncn1. The number of hydrogen-bond donors (Lipinski definition) is 1. The second-order valence-corrected chi connectivity index (χ2v) is 4.79. The van der Waals surface area contributed by atoms with Gasteiger partial charge in [-0.25, -0.2) is 9.97 Å². The molecule has 0 aliphatic heterocycles. The van der Waals surface area contributed by atoms with E-state index in [1.54, 1.807) is 6.33 Å². The van der Waals surface area contributed by atoms with E-state index in [4.69, 9.17) is 10.5 Å². The van der Waals surface area contributed by atoms with Gasteiger partial charge in [0.2, 0.25) is 5.88 Å². The minimum atomic E-state index is 0.156. The molecule has 96 valence electrons. The van der Waals surface area contributed by atoms with Gasteiger partial charge in [-0.1, -0.05) is 20.8 Å². The first-order chi connectivity index (χ1) is 8.11. The highest BCUT2D eigenvalue weighted by Gasteiger charge is 2.08. The van der Waals surface area contributed by atoms with Crippen LogP contribution in [0, 0.1) is 5.92 Å². The molecular weight excluding hydrogens is 214 g/mol. The summed E-state index contributed by atoms with van der Waals surface area (Å²) in [5.41, 5.74) is 7.01. The molecule has 0 spiro atoms. The van der Waals surface area contributed by atoms with E-state index in [0.29, 0.717) is 18.4 Å². The first-order valence-electron chi connectivity index (χ1n) is 6.31. The molecule has 1 rings (SSSR count). The second kappa shape index (κ2) is 7.22. The summed E-state index contributed by atoms with van der Waals surface area (Å²) in [5, 5.41) is 0. The quantitative estimate of drug-likeness (QED) is 0.789. The summed E-state index contributed by atoms with van der Waals surface area (Å²) in [6.07, 6.45) is 4.31. The lowest BCUT2D eigenvalue weighted by molar-refractivity contribution is 0.304. The first kappa shape index (κ1) is 13.9. The lowest BCUT2D eigenvalue weighted by Crippen LogP contribution is -2.25. The molecule has 0 fully saturated rings. The van der Waals surface area contributed by atoms with Crippen LogP contribution >= 0.6 is 0 Å². The Morgan fingerprint density at radius 1 is 1.35 bits per heavy atom. The highest BCUT2D eigenvalue weighted by atomic mass is 16.5. The van der Waals surface area contributed by atoms with Crippen molar-refractivity contribution in [2.45, 2.75) is 46.1 Å². The summed E-state index contributed by atoms with van der Waals surface area (Å²) < 4.78 is 5.47. The molecule has 4 heteroatoms. The predicted molar refractivity (Wildman–Crippen MR) is 69.0 cm³/mol. The van der Waals surface area contributed by atoms with Gasteiger partial charge in [0.05, 0.1) is 6.61 Å². The molecule has 2 N–H and O–H groups in total. The van der Waals surface area contributed by atoms with Crippen molar-refractivity contribution in [3.63, 3.8) is 0 Å². The van der Waals surface area contributed by atoms with Crippen molar-refractivity contribution < 1.29 is 4.74 Å². The van der Waals surface area contributed by atoms with Crippen molar-refractivity contribution >= 4 is 0 Å². The topological polar surface area (TPSA) is 61.0 Å². The van der Waals surface area contributed by atoms with Gasteiger partial charge in [0.15, 0.2) is 0 Å². The summed E-state index contributed by atoms with van der Waals surface area (Å²) in [6.45, 7) is 7.11. The summed E-state index contributed by atoms with van der Waals surface area (Å²) >= 11 is 0. The zero-order valence-corrected chi connectivity index (χ0v) is 11.0. The highest BCUT2D eigenvalue weighted by molar-refractivity contribution is 5.14. The van der Waals surface area contributed by atoms with E-state index in [0.717, 1.165) is 25.0 Å². The van der Waals surface area contributed by atoms with Crippen LogP contribution in [0.5, 0.6) is 5.88 Å². The number of ether oxygens (including phenoxy) is 1. The third-order valence-electron chi connectivity index (χ3n) is 2.40. The monoisotopic (exact) mass is 237 g/mol. The van der Waals surface area contributed by atoms with E-state index in [9.17, 15) is 0 Å². The summed E-state index contributed by atoms with van der Waals surface area (Å²) in [6, 6.07) is 2.04. The molecule has 4 nitrogen and oxygen atoms in total. The Labute approximate surface area is 104 Å². The van der Waals surface area contributed by atoms with E-state index >= 15 is 0 Å². The van der Waals surface area contributed by atoms with Crippen molar-refractivity contribution in [3.05, 3.63) is 18.1 Å². The fourth-order valence-corrected chi connectivity index (χ4v) is 1.73. The Morgan fingerprint density at radius 2 is 2.12 bits per heavy atom. The summed E-state index contributed by atoms with van der Waals surface area (Å²) in [5.74, 6) is 1.26. The highest BCUT2D eigenvalue weighted by Crippen LogP contribution is 2.11. The largest absolute Gasteiger partial charge is 0.478 e. The van der Waals surface area contributed by atoms with Gasteiger partial charge < -0.3 is 10.5 Å². The van der Waals surface area contributed by atoms with E-state index in [1.807, 2.05) is 6.07 Å². The van der Waals surface area contributed by atoms with Gasteiger partial charge in [-0.15, -0.1) is 0 Å². The molecule has 1 atom stereocenters. The van der Waals surface area contributed by atoms with Crippen LogP contribution in [0.1, 0.15) is 39.3 Å². The third-order valence-corrected chi connectivity index (χ3v) is 2.40.